The van der Waals surface area contributed by atoms with E-state index in [1.54, 1.807) is 0 Å². The molecule has 0 saturated carbocycles. The Labute approximate surface area is 63.7 Å². The van der Waals surface area contributed by atoms with Crippen LogP contribution in [0.5, 0.6) is 5.75 Å². The number of nitriles is 1. The van der Waals surface area contributed by atoms with Crippen molar-refractivity contribution in [1.82, 2.24) is 0 Å². The van der Waals surface area contributed by atoms with Crippen molar-refractivity contribution in [3.63, 3.8) is 0 Å². The van der Waals surface area contributed by atoms with Gasteiger partial charge in [-0.05, 0) is 0 Å². The summed E-state index contributed by atoms with van der Waals surface area (Å²) >= 11 is 0. The average molecular weight is 149 g/mol. The molecule has 0 heterocycles. The summed E-state index contributed by atoms with van der Waals surface area (Å²) < 4.78 is 0. The van der Waals surface area contributed by atoms with Crippen LogP contribution in [0.3, 0.4) is 0 Å². The Kier molecular flexibility index (Phi) is 1.57. The topological polar surface area (TPSA) is 96.1 Å². The van der Waals surface area contributed by atoms with Gasteiger partial charge in [-0.15, -0.1) is 0 Å². The normalized spacial score (nSPS) is 9.00. The molecule has 0 atom stereocenters. The Morgan fingerprint density at radius 2 is 1.73 bits per heavy atom. The first kappa shape index (κ1) is 7.22. The lowest BCUT2D eigenvalue weighted by Crippen LogP contribution is -1.95. The number of hydrogen-bond acceptors (Lipinski definition) is 4. The van der Waals surface area contributed by atoms with Gasteiger partial charge in [0.2, 0.25) is 0 Å². The molecular weight excluding hydrogens is 142 g/mol. The van der Waals surface area contributed by atoms with Gasteiger partial charge in [-0.3, -0.25) is 0 Å². The van der Waals surface area contributed by atoms with Crippen molar-refractivity contribution in [3.05, 3.63) is 17.7 Å². The fourth-order valence-corrected chi connectivity index (χ4v) is 0.800. The highest BCUT2D eigenvalue weighted by molar-refractivity contribution is 5.69. The van der Waals surface area contributed by atoms with Gasteiger partial charge >= 0.3 is 0 Å². The lowest BCUT2D eigenvalue weighted by atomic mass is 10.1. The summed E-state index contributed by atoms with van der Waals surface area (Å²) in [4.78, 5) is 0. The molecule has 0 fully saturated rings. The molecule has 4 nitrogen and oxygen atoms in total. The quantitative estimate of drug-likeness (QED) is 0.466. The first-order chi connectivity index (χ1) is 5.15. The van der Waals surface area contributed by atoms with Gasteiger partial charge in [-0.25, -0.2) is 0 Å². The third kappa shape index (κ3) is 1.17. The lowest BCUT2D eigenvalue weighted by molar-refractivity contribution is 0.476. The minimum Gasteiger partial charge on any atom is -0.508 e. The van der Waals surface area contributed by atoms with Crippen LogP contribution < -0.4 is 11.5 Å². The molecule has 11 heavy (non-hydrogen) atoms. The summed E-state index contributed by atoms with van der Waals surface area (Å²) in [7, 11) is 0. The van der Waals surface area contributed by atoms with Crippen molar-refractivity contribution in [3.8, 4) is 11.8 Å². The Morgan fingerprint density at radius 1 is 1.27 bits per heavy atom. The van der Waals surface area contributed by atoms with Crippen molar-refractivity contribution in [2.45, 2.75) is 0 Å². The molecule has 0 aliphatic heterocycles. The van der Waals surface area contributed by atoms with Crippen LogP contribution in [0.4, 0.5) is 11.4 Å². The zero-order valence-corrected chi connectivity index (χ0v) is 5.70. The van der Waals surface area contributed by atoms with Crippen molar-refractivity contribution in [2.75, 3.05) is 11.5 Å². The number of phenols is 1. The van der Waals surface area contributed by atoms with Gasteiger partial charge < -0.3 is 16.6 Å². The van der Waals surface area contributed by atoms with Crippen LogP contribution in [0.2, 0.25) is 0 Å². The van der Waals surface area contributed by atoms with Gasteiger partial charge in [0.1, 0.15) is 11.8 Å². The average Bonchev–Trinajstić information content (AvgIpc) is 1.85. The van der Waals surface area contributed by atoms with Crippen LogP contribution in [0.1, 0.15) is 5.56 Å². The summed E-state index contributed by atoms with van der Waals surface area (Å²) in [6.45, 7) is 0. The summed E-state index contributed by atoms with van der Waals surface area (Å²) in [5, 5.41) is 17.4. The van der Waals surface area contributed by atoms with E-state index in [0.717, 1.165) is 0 Å². The lowest BCUT2D eigenvalue weighted by Gasteiger charge is -2.01. The first-order valence-corrected chi connectivity index (χ1v) is 2.93. The smallest absolute Gasteiger partial charge is 0.119 e. The van der Waals surface area contributed by atoms with E-state index in [-0.39, 0.29) is 22.7 Å². The minimum atomic E-state index is -0.0287. The van der Waals surface area contributed by atoms with Crippen molar-refractivity contribution in [1.29, 1.82) is 5.26 Å². The fraction of sp³-hybridized carbons (Fsp3) is 0. The third-order valence-corrected chi connectivity index (χ3v) is 1.30. The van der Waals surface area contributed by atoms with Crippen molar-refractivity contribution in [2.24, 2.45) is 0 Å². The predicted molar refractivity (Wildman–Crippen MR) is 41.6 cm³/mol. The van der Waals surface area contributed by atoms with Gasteiger partial charge in [-0.2, -0.15) is 5.26 Å². The molecule has 1 aromatic rings. The molecule has 4 heteroatoms. The summed E-state index contributed by atoms with van der Waals surface area (Å²) in [6.07, 6.45) is 0. The largest absolute Gasteiger partial charge is 0.508 e. The molecule has 0 radical (unpaired) electrons. The van der Waals surface area contributed by atoms with E-state index in [2.05, 4.69) is 0 Å². The summed E-state index contributed by atoms with van der Waals surface area (Å²) in [5.41, 5.74) is 11.3. The predicted octanol–water partition coefficient (Wildman–Crippen LogP) is 0.428. The van der Waals surface area contributed by atoms with E-state index in [1.165, 1.54) is 12.1 Å². The second kappa shape index (κ2) is 2.39. The number of benzene rings is 1. The maximum Gasteiger partial charge on any atom is 0.119 e. The van der Waals surface area contributed by atoms with Gasteiger partial charge in [0.25, 0.3) is 0 Å². The van der Waals surface area contributed by atoms with Crippen molar-refractivity contribution >= 4 is 11.4 Å². The summed E-state index contributed by atoms with van der Waals surface area (Å²) in [5.74, 6) is -0.0287. The van der Waals surface area contributed by atoms with E-state index in [4.69, 9.17) is 21.8 Å². The maximum atomic E-state index is 8.94. The Morgan fingerprint density at radius 3 is 2.09 bits per heavy atom. The molecule has 0 aromatic heterocycles. The molecule has 0 bridgehead atoms. The molecule has 0 aliphatic carbocycles. The number of hydrogen-bond donors (Lipinski definition) is 3. The molecule has 56 valence electrons. The molecule has 0 saturated heterocycles. The highest BCUT2D eigenvalue weighted by Crippen LogP contribution is 2.24. The number of phenolic OH excluding ortho intramolecular Hbond substituents is 1. The molecule has 1 rings (SSSR count). The zero-order valence-electron chi connectivity index (χ0n) is 5.70. The molecule has 0 spiro atoms. The molecule has 0 amide bonds. The van der Waals surface area contributed by atoms with Gasteiger partial charge in [0.15, 0.2) is 0 Å². The SMILES string of the molecule is N#Cc1c(N)cc(O)cc1N. The van der Waals surface area contributed by atoms with Crippen LogP contribution in [0.25, 0.3) is 0 Å². The standard InChI is InChI=1S/C7H7N3O/c8-3-5-6(9)1-4(11)2-7(5)10/h1-2,11H,9-10H2. The van der Waals surface area contributed by atoms with Crippen LogP contribution in [0, 0.1) is 11.3 Å². The first-order valence-electron chi connectivity index (χ1n) is 2.93. The molecular formula is C7H7N3O. The highest BCUT2D eigenvalue weighted by Gasteiger charge is 2.03. The van der Waals surface area contributed by atoms with E-state index < -0.39 is 0 Å². The van der Waals surface area contributed by atoms with Gasteiger partial charge in [-0.1, -0.05) is 0 Å². The minimum absolute atomic E-state index is 0.0287. The zero-order chi connectivity index (χ0) is 8.43. The van der Waals surface area contributed by atoms with E-state index in [1.807, 2.05) is 6.07 Å². The number of aromatic hydroxyl groups is 1. The Balaban J connectivity index is 3.40. The Hall–Kier alpha value is -1.89. The van der Waals surface area contributed by atoms with Gasteiger partial charge in [0.05, 0.1) is 16.9 Å². The maximum absolute atomic E-state index is 8.94. The highest BCUT2D eigenvalue weighted by atomic mass is 16.3. The second-order valence-electron chi connectivity index (χ2n) is 2.11. The number of rotatable bonds is 0. The van der Waals surface area contributed by atoms with Crippen LogP contribution >= 0.6 is 0 Å². The summed E-state index contributed by atoms with van der Waals surface area (Å²) in [6, 6.07) is 4.40. The molecule has 1 aromatic carbocycles. The van der Waals surface area contributed by atoms with Crippen LogP contribution in [-0.2, 0) is 0 Å². The van der Waals surface area contributed by atoms with E-state index >= 15 is 0 Å². The Bertz CT molecular complexity index is 304. The number of nitrogens with two attached hydrogens (primary N) is 2. The number of anilines is 2. The van der Waals surface area contributed by atoms with E-state index in [9.17, 15) is 0 Å². The van der Waals surface area contributed by atoms with E-state index in [0.29, 0.717) is 0 Å². The monoisotopic (exact) mass is 149 g/mol. The van der Waals surface area contributed by atoms with Crippen molar-refractivity contribution < 1.29 is 5.11 Å². The van der Waals surface area contributed by atoms with Gasteiger partial charge in [0, 0.05) is 12.1 Å². The molecule has 0 unspecified atom stereocenters. The fourth-order valence-electron chi connectivity index (χ4n) is 0.800. The molecule has 5 N–H and O–H groups in total. The number of nitrogens with zero attached hydrogens (tertiary/aromatic N) is 1. The third-order valence-electron chi connectivity index (χ3n) is 1.30. The second-order valence-corrected chi connectivity index (χ2v) is 2.11. The van der Waals surface area contributed by atoms with Crippen LogP contribution in [0.15, 0.2) is 12.1 Å². The van der Waals surface area contributed by atoms with Crippen LogP contribution in [-0.4, -0.2) is 5.11 Å². The number of nitrogen functional groups attached to an aromatic ring is 2. The molecule has 0 aliphatic rings.